The number of guanidine groups is 1. The van der Waals surface area contributed by atoms with Crippen LogP contribution in [0.1, 0.15) is 18.5 Å². The van der Waals surface area contributed by atoms with Crippen molar-refractivity contribution in [1.29, 1.82) is 0 Å². The summed E-state index contributed by atoms with van der Waals surface area (Å²) in [4.78, 5) is 8.30. The predicted molar refractivity (Wildman–Crippen MR) is 60.7 cm³/mol. The Morgan fingerprint density at radius 3 is 3.00 bits per heavy atom. The lowest BCUT2D eigenvalue weighted by atomic mass is 10.3. The molecule has 0 aromatic carbocycles. The van der Waals surface area contributed by atoms with Crippen molar-refractivity contribution >= 4 is 17.6 Å². The minimum Gasteiger partial charge on any atom is -0.370 e. The smallest absolute Gasteiger partial charge is 0.189 e. The van der Waals surface area contributed by atoms with Gasteiger partial charge in [-0.3, -0.25) is 4.98 Å². The molecule has 0 saturated heterocycles. The summed E-state index contributed by atoms with van der Waals surface area (Å²) in [6.45, 7) is 0.489. The topological polar surface area (TPSA) is 63.3 Å². The lowest BCUT2D eigenvalue weighted by Gasteiger charge is -2.02. The summed E-state index contributed by atoms with van der Waals surface area (Å²) in [5.74, 6) is 0.495. The van der Waals surface area contributed by atoms with Gasteiger partial charge in [-0.15, -0.1) is 0 Å². The highest BCUT2D eigenvalue weighted by Gasteiger charge is 2.21. The molecule has 3 N–H and O–H groups in total. The Hall–Kier alpha value is -1.29. The first-order valence-electron chi connectivity index (χ1n) is 4.91. The van der Waals surface area contributed by atoms with Crippen LogP contribution in [0.15, 0.2) is 23.3 Å². The van der Waals surface area contributed by atoms with Crippen molar-refractivity contribution in [1.82, 2.24) is 10.3 Å². The second-order valence-electron chi connectivity index (χ2n) is 3.59. The minimum atomic E-state index is 0.489. The molecule has 5 heteroatoms. The van der Waals surface area contributed by atoms with Gasteiger partial charge in [0.1, 0.15) is 0 Å². The maximum absolute atomic E-state index is 5.72. The number of rotatable bonds is 3. The van der Waals surface area contributed by atoms with Crippen LogP contribution in [0.5, 0.6) is 0 Å². The average Bonchev–Trinajstić information content (AvgIpc) is 3.01. The molecule has 0 unspecified atom stereocenters. The lowest BCUT2D eigenvalue weighted by Crippen LogP contribution is -2.33. The van der Waals surface area contributed by atoms with Crippen molar-refractivity contribution in [3.8, 4) is 0 Å². The molecule has 4 nitrogen and oxygen atoms in total. The molecule has 1 heterocycles. The van der Waals surface area contributed by atoms with E-state index in [1.165, 1.54) is 12.8 Å². The lowest BCUT2D eigenvalue weighted by molar-refractivity contribution is 0.872. The van der Waals surface area contributed by atoms with Gasteiger partial charge in [-0.1, -0.05) is 11.6 Å². The van der Waals surface area contributed by atoms with Crippen LogP contribution in [0, 0.1) is 0 Å². The fraction of sp³-hybridized carbons (Fsp3) is 0.400. The normalized spacial score (nSPS) is 16.5. The van der Waals surface area contributed by atoms with Crippen molar-refractivity contribution < 1.29 is 0 Å². The fourth-order valence-electron chi connectivity index (χ4n) is 1.15. The van der Waals surface area contributed by atoms with Gasteiger partial charge in [0.2, 0.25) is 0 Å². The van der Waals surface area contributed by atoms with Gasteiger partial charge in [0.25, 0.3) is 0 Å². The van der Waals surface area contributed by atoms with Gasteiger partial charge in [-0.25, -0.2) is 4.99 Å². The third-order valence-corrected chi connectivity index (χ3v) is 2.35. The minimum absolute atomic E-state index is 0.489. The van der Waals surface area contributed by atoms with Gasteiger partial charge >= 0.3 is 0 Å². The zero-order valence-corrected chi connectivity index (χ0v) is 9.04. The molecule has 1 saturated carbocycles. The SMILES string of the molecule is NC(=NCc1ccc(Cl)cn1)NC1CC1. The van der Waals surface area contributed by atoms with Crippen LogP contribution in [-0.4, -0.2) is 17.0 Å². The summed E-state index contributed by atoms with van der Waals surface area (Å²) >= 11 is 5.72. The van der Waals surface area contributed by atoms with Gasteiger partial charge in [-0.2, -0.15) is 0 Å². The Kier molecular flexibility index (Phi) is 3.06. The number of aliphatic imine (C=N–C) groups is 1. The van der Waals surface area contributed by atoms with Crippen LogP contribution in [0.3, 0.4) is 0 Å². The van der Waals surface area contributed by atoms with Crippen LogP contribution in [0.25, 0.3) is 0 Å². The molecular weight excluding hydrogens is 212 g/mol. The average molecular weight is 225 g/mol. The summed E-state index contributed by atoms with van der Waals surface area (Å²) in [5, 5.41) is 3.74. The van der Waals surface area contributed by atoms with Gasteiger partial charge in [-0.05, 0) is 25.0 Å². The number of nitrogens with two attached hydrogens (primary N) is 1. The molecule has 1 aromatic rings. The summed E-state index contributed by atoms with van der Waals surface area (Å²) in [5.41, 5.74) is 6.54. The number of hydrogen-bond acceptors (Lipinski definition) is 2. The maximum atomic E-state index is 5.72. The quantitative estimate of drug-likeness (QED) is 0.601. The molecule has 0 radical (unpaired) electrons. The monoisotopic (exact) mass is 224 g/mol. The molecule has 80 valence electrons. The van der Waals surface area contributed by atoms with E-state index >= 15 is 0 Å². The van der Waals surface area contributed by atoms with E-state index in [1.807, 2.05) is 6.07 Å². The summed E-state index contributed by atoms with van der Waals surface area (Å²) in [7, 11) is 0. The van der Waals surface area contributed by atoms with Crippen LogP contribution in [0.2, 0.25) is 5.02 Å². The van der Waals surface area contributed by atoms with Crippen molar-refractivity contribution in [3.05, 3.63) is 29.0 Å². The molecule has 0 atom stereocenters. The van der Waals surface area contributed by atoms with Crippen LogP contribution < -0.4 is 11.1 Å². The van der Waals surface area contributed by atoms with E-state index in [9.17, 15) is 0 Å². The van der Waals surface area contributed by atoms with E-state index in [-0.39, 0.29) is 0 Å². The molecule has 0 spiro atoms. The van der Waals surface area contributed by atoms with Crippen molar-refractivity contribution in [2.24, 2.45) is 10.7 Å². The predicted octanol–water partition coefficient (Wildman–Crippen LogP) is 1.30. The zero-order chi connectivity index (χ0) is 10.7. The Bertz CT molecular complexity index is 356. The molecule has 1 fully saturated rings. The molecular formula is C10H13ClN4. The van der Waals surface area contributed by atoms with Crippen molar-refractivity contribution in [2.45, 2.75) is 25.4 Å². The molecule has 1 aliphatic carbocycles. The zero-order valence-electron chi connectivity index (χ0n) is 8.28. The van der Waals surface area contributed by atoms with E-state index < -0.39 is 0 Å². The summed E-state index contributed by atoms with van der Waals surface area (Å²) in [6, 6.07) is 4.17. The molecule has 1 aromatic heterocycles. The molecule has 1 aliphatic rings. The van der Waals surface area contributed by atoms with E-state index in [4.69, 9.17) is 17.3 Å². The van der Waals surface area contributed by atoms with E-state index in [2.05, 4.69) is 15.3 Å². The molecule has 0 bridgehead atoms. The number of nitrogens with zero attached hydrogens (tertiary/aromatic N) is 2. The first-order chi connectivity index (χ1) is 7.24. The van der Waals surface area contributed by atoms with E-state index in [1.54, 1.807) is 12.3 Å². The van der Waals surface area contributed by atoms with E-state index in [0.29, 0.717) is 23.6 Å². The number of halogens is 1. The number of nitrogens with one attached hydrogen (secondary N) is 1. The Morgan fingerprint density at radius 1 is 1.60 bits per heavy atom. The third kappa shape index (κ3) is 3.40. The Morgan fingerprint density at radius 2 is 2.40 bits per heavy atom. The van der Waals surface area contributed by atoms with Crippen LogP contribution in [0.4, 0.5) is 0 Å². The van der Waals surface area contributed by atoms with Gasteiger partial charge in [0.15, 0.2) is 5.96 Å². The van der Waals surface area contributed by atoms with Crippen molar-refractivity contribution in [3.63, 3.8) is 0 Å². The summed E-state index contributed by atoms with van der Waals surface area (Å²) in [6.07, 6.45) is 3.99. The van der Waals surface area contributed by atoms with Gasteiger partial charge in [0.05, 0.1) is 17.3 Å². The maximum Gasteiger partial charge on any atom is 0.189 e. The fourth-order valence-corrected chi connectivity index (χ4v) is 1.26. The van der Waals surface area contributed by atoms with Gasteiger partial charge < -0.3 is 11.1 Å². The summed E-state index contributed by atoms with van der Waals surface area (Å²) < 4.78 is 0. The highest BCUT2D eigenvalue weighted by Crippen LogP contribution is 2.18. The first-order valence-corrected chi connectivity index (χ1v) is 5.29. The second kappa shape index (κ2) is 4.49. The first kappa shape index (κ1) is 10.2. The molecule has 15 heavy (non-hydrogen) atoms. The van der Waals surface area contributed by atoms with Crippen LogP contribution >= 0.6 is 11.6 Å². The molecule has 0 amide bonds. The molecule has 2 rings (SSSR count). The highest BCUT2D eigenvalue weighted by molar-refractivity contribution is 6.30. The third-order valence-electron chi connectivity index (χ3n) is 2.13. The van der Waals surface area contributed by atoms with Crippen LogP contribution in [-0.2, 0) is 6.54 Å². The number of pyridine rings is 1. The number of aromatic nitrogens is 1. The Labute approximate surface area is 93.6 Å². The second-order valence-corrected chi connectivity index (χ2v) is 4.02. The number of hydrogen-bond donors (Lipinski definition) is 2. The standard InChI is InChI=1S/C10H13ClN4/c11-7-1-2-9(13-5-7)6-14-10(12)15-8-3-4-8/h1-2,5,8H,3-4,6H2,(H3,12,14,15). The van der Waals surface area contributed by atoms with Crippen molar-refractivity contribution in [2.75, 3.05) is 0 Å². The Balaban J connectivity index is 1.87. The van der Waals surface area contributed by atoms with Gasteiger partial charge in [0, 0.05) is 12.2 Å². The van der Waals surface area contributed by atoms with E-state index in [0.717, 1.165) is 5.69 Å². The largest absolute Gasteiger partial charge is 0.370 e. The molecule has 0 aliphatic heterocycles. The highest BCUT2D eigenvalue weighted by atomic mass is 35.5.